The molecule has 2 unspecified atom stereocenters. The third-order valence-corrected chi connectivity index (χ3v) is 7.52. The second-order valence-electron chi connectivity index (χ2n) is 9.47. The molecule has 2 amide bonds. The van der Waals surface area contributed by atoms with Gasteiger partial charge in [0.15, 0.2) is 6.10 Å². The topological polar surface area (TPSA) is 114 Å². The molecule has 3 aliphatic carbocycles. The number of carbonyl (C=O) groups is 3. The van der Waals surface area contributed by atoms with Crippen LogP contribution in [-0.4, -0.2) is 41.8 Å². The summed E-state index contributed by atoms with van der Waals surface area (Å²) in [6.07, 6.45) is 0.618. The van der Waals surface area contributed by atoms with Crippen molar-refractivity contribution in [2.45, 2.75) is 44.2 Å². The van der Waals surface area contributed by atoms with Crippen molar-refractivity contribution in [1.29, 1.82) is 0 Å². The van der Waals surface area contributed by atoms with Gasteiger partial charge in [0.25, 0.3) is 0 Å². The predicted molar refractivity (Wildman–Crippen MR) is 123 cm³/mol. The van der Waals surface area contributed by atoms with E-state index in [-0.39, 0.29) is 36.3 Å². The Balaban J connectivity index is 1.12. The second kappa shape index (κ2) is 9.10. The molecule has 2 aromatic rings. The average molecular weight is 465 g/mol. The van der Waals surface area contributed by atoms with E-state index in [2.05, 4.69) is 35.1 Å². The molecule has 0 radical (unpaired) electrons. The molecule has 2 aromatic carbocycles. The number of nitrogens with one attached hydrogen (secondary N) is 2. The number of carboxylic acid groups (broad SMARTS) is 1. The Morgan fingerprint density at radius 1 is 1.00 bits per heavy atom. The fourth-order valence-corrected chi connectivity index (χ4v) is 5.68. The smallest absolute Gasteiger partial charge is 0.407 e. The van der Waals surface area contributed by atoms with Gasteiger partial charge in [0.1, 0.15) is 6.61 Å². The molecule has 2 fully saturated rings. The van der Waals surface area contributed by atoms with E-state index < -0.39 is 18.2 Å². The minimum Gasteiger partial charge on any atom is -0.479 e. The Morgan fingerprint density at radius 3 is 2.29 bits per heavy atom. The number of hydroxylamine groups is 1. The zero-order chi connectivity index (χ0) is 23.8. The van der Waals surface area contributed by atoms with Crippen molar-refractivity contribution in [1.82, 2.24) is 10.8 Å². The lowest BCUT2D eigenvalue weighted by molar-refractivity contribution is -0.160. The minimum atomic E-state index is -1.14. The van der Waals surface area contributed by atoms with Gasteiger partial charge in [-0.05, 0) is 60.3 Å². The highest BCUT2D eigenvalue weighted by Crippen LogP contribution is 2.50. The zero-order valence-corrected chi connectivity index (χ0v) is 18.9. The Morgan fingerprint density at radius 2 is 1.65 bits per heavy atom. The van der Waals surface area contributed by atoms with Gasteiger partial charge in [-0.1, -0.05) is 48.5 Å². The summed E-state index contributed by atoms with van der Waals surface area (Å²) in [6, 6.07) is 16.4. The van der Waals surface area contributed by atoms with Gasteiger partial charge in [0.05, 0.1) is 0 Å². The quantitative estimate of drug-likeness (QED) is 0.541. The lowest BCUT2D eigenvalue weighted by Gasteiger charge is -2.40. The summed E-state index contributed by atoms with van der Waals surface area (Å²) in [5.74, 6) is -1.09. The first-order valence-corrected chi connectivity index (χ1v) is 11.7. The molecule has 0 heterocycles. The molecule has 34 heavy (non-hydrogen) atoms. The van der Waals surface area contributed by atoms with Crippen molar-refractivity contribution in [3.05, 3.63) is 59.7 Å². The minimum absolute atomic E-state index is 0.0139. The maximum Gasteiger partial charge on any atom is 0.407 e. The summed E-state index contributed by atoms with van der Waals surface area (Å²) in [7, 11) is 0. The van der Waals surface area contributed by atoms with Gasteiger partial charge in [-0.15, -0.1) is 0 Å². The first kappa shape index (κ1) is 22.4. The van der Waals surface area contributed by atoms with Crippen LogP contribution in [0.4, 0.5) is 4.79 Å². The Kier molecular flexibility index (Phi) is 6.00. The van der Waals surface area contributed by atoms with Crippen LogP contribution in [0.15, 0.2) is 48.5 Å². The van der Waals surface area contributed by atoms with Crippen molar-refractivity contribution < 1.29 is 29.1 Å². The molecule has 0 saturated heterocycles. The molecule has 0 bridgehead atoms. The number of rotatable bonds is 7. The van der Waals surface area contributed by atoms with Crippen molar-refractivity contribution in [2.24, 2.45) is 17.8 Å². The van der Waals surface area contributed by atoms with Crippen LogP contribution in [0.5, 0.6) is 0 Å². The Hall–Kier alpha value is -3.39. The molecule has 5 atom stereocenters. The number of aliphatic carboxylic acids is 1. The molecule has 178 valence electrons. The molecule has 3 aliphatic rings. The molecule has 0 aromatic heterocycles. The van der Waals surface area contributed by atoms with E-state index in [4.69, 9.17) is 14.7 Å². The van der Waals surface area contributed by atoms with Gasteiger partial charge in [-0.3, -0.25) is 9.63 Å². The molecule has 0 aliphatic heterocycles. The maximum atomic E-state index is 12.6. The van der Waals surface area contributed by atoms with Gasteiger partial charge in [-0.25, -0.2) is 15.1 Å². The number of alkyl carbamates (subject to hydrolysis) is 1. The van der Waals surface area contributed by atoms with Crippen molar-refractivity contribution in [2.75, 3.05) is 6.61 Å². The summed E-state index contributed by atoms with van der Waals surface area (Å²) < 4.78 is 5.65. The van der Waals surface area contributed by atoms with Gasteiger partial charge in [0.2, 0.25) is 5.91 Å². The number of fused-ring (bicyclic) bond motifs is 4. The van der Waals surface area contributed by atoms with Crippen LogP contribution in [0.2, 0.25) is 0 Å². The van der Waals surface area contributed by atoms with Crippen molar-refractivity contribution in [3.63, 3.8) is 0 Å². The summed E-state index contributed by atoms with van der Waals surface area (Å²) in [5.41, 5.74) is 6.98. The predicted octanol–water partition coefficient (Wildman–Crippen LogP) is 3.46. The standard InChI is InChI=1S/C26H28N2O6/c1-14(25(30)31)34-28-24(29)16-10-15-12-23(21(15)11-16)27-26(32)33-13-22-19-8-4-2-6-17(19)18-7-3-5-9-20(18)22/h2-9,14-16,21-23H,10-13H2,1H3,(H,27,32)(H,28,29)(H,30,31)/t14?,15-,16?,21-,23+/m0/s1. The van der Waals surface area contributed by atoms with Crippen LogP contribution in [-0.2, 0) is 19.2 Å². The average Bonchev–Trinajstić information content (AvgIpc) is 3.34. The lowest BCUT2D eigenvalue weighted by Crippen LogP contribution is -2.50. The summed E-state index contributed by atoms with van der Waals surface area (Å²) >= 11 is 0. The fraction of sp³-hybridized carbons (Fsp3) is 0.423. The molecule has 0 spiro atoms. The van der Waals surface area contributed by atoms with Crippen molar-refractivity contribution >= 4 is 18.0 Å². The zero-order valence-electron chi connectivity index (χ0n) is 18.9. The number of hydrogen-bond donors (Lipinski definition) is 3. The third-order valence-electron chi connectivity index (χ3n) is 7.52. The normalized spacial score (nSPS) is 25.3. The molecule has 2 saturated carbocycles. The number of carbonyl (C=O) groups excluding carboxylic acids is 2. The number of ether oxygens (including phenoxy) is 1. The van der Waals surface area contributed by atoms with E-state index in [1.54, 1.807) is 0 Å². The van der Waals surface area contributed by atoms with Crippen LogP contribution >= 0.6 is 0 Å². The summed E-state index contributed by atoms with van der Waals surface area (Å²) in [6.45, 7) is 1.63. The third kappa shape index (κ3) is 4.14. The van der Waals surface area contributed by atoms with Crippen LogP contribution in [0, 0.1) is 17.8 Å². The molecule has 3 N–H and O–H groups in total. The van der Waals surface area contributed by atoms with Crippen LogP contribution in [0.25, 0.3) is 11.1 Å². The second-order valence-corrected chi connectivity index (χ2v) is 9.47. The first-order chi connectivity index (χ1) is 16.4. The fourth-order valence-electron chi connectivity index (χ4n) is 5.68. The van der Waals surface area contributed by atoms with Crippen LogP contribution in [0.1, 0.15) is 43.2 Å². The molecular weight excluding hydrogens is 436 g/mol. The van der Waals surface area contributed by atoms with E-state index in [0.717, 1.165) is 6.42 Å². The van der Waals surface area contributed by atoms with Crippen LogP contribution < -0.4 is 10.8 Å². The first-order valence-electron chi connectivity index (χ1n) is 11.7. The molecule has 8 heteroatoms. The summed E-state index contributed by atoms with van der Waals surface area (Å²) in [4.78, 5) is 40.6. The summed E-state index contributed by atoms with van der Waals surface area (Å²) in [5, 5.41) is 11.8. The highest BCUT2D eigenvalue weighted by atomic mass is 16.7. The molecule has 5 rings (SSSR count). The van der Waals surface area contributed by atoms with E-state index in [9.17, 15) is 14.4 Å². The van der Waals surface area contributed by atoms with Gasteiger partial charge in [-0.2, -0.15) is 0 Å². The van der Waals surface area contributed by atoms with Gasteiger partial charge in [0, 0.05) is 17.9 Å². The highest BCUT2D eigenvalue weighted by Gasteiger charge is 2.50. The molecule has 8 nitrogen and oxygen atoms in total. The largest absolute Gasteiger partial charge is 0.479 e. The van der Waals surface area contributed by atoms with Crippen molar-refractivity contribution in [3.8, 4) is 11.1 Å². The van der Waals surface area contributed by atoms with E-state index in [1.165, 1.54) is 29.2 Å². The lowest BCUT2D eigenvalue weighted by atomic mass is 9.71. The maximum absolute atomic E-state index is 12.6. The Bertz CT molecular complexity index is 1070. The van der Waals surface area contributed by atoms with E-state index in [1.807, 2.05) is 24.3 Å². The SMILES string of the molecule is CC(ONC(=O)C1C[C@H]2C[C@@H](NC(=O)OCC3c4ccccc4-c4ccccc43)[C@H]2C1)C(=O)O. The van der Waals surface area contributed by atoms with E-state index >= 15 is 0 Å². The number of benzene rings is 2. The number of hydrogen-bond acceptors (Lipinski definition) is 5. The molecular formula is C26H28N2O6. The Labute approximate surface area is 197 Å². The monoisotopic (exact) mass is 464 g/mol. The van der Waals surface area contributed by atoms with E-state index in [0.29, 0.717) is 18.8 Å². The van der Waals surface area contributed by atoms with Crippen LogP contribution in [0.3, 0.4) is 0 Å². The van der Waals surface area contributed by atoms with Gasteiger partial charge >= 0.3 is 12.1 Å². The number of amides is 2. The number of carboxylic acids is 1. The van der Waals surface area contributed by atoms with Gasteiger partial charge < -0.3 is 15.2 Å². The highest BCUT2D eigenvalue weighted by molar-refractivity contribution is 5.80.